The van der Waals surface area contributed by atoms with Crippen molar-refractivity contribution < 1.29 is 4.74 Å². The first-order chi connectivity index (χ1) is 10.2. The van der Waals surface area contributed by atoms with Gasteiger partial charge in [-0.1, -0.05) is 29.7 Å². The van der Waals surface area contributed by atoms with E-state index in [1.54, 1.807) is 0 Å². The lowest BCUT2D eigenvalue weighted by atomic mass is 9.78. The van der Waals surface area contributed by atoms with Crippen LogP contribution in [0.15, 0.2) is 36.4 Å². The molecule has 0 unspecified atom stereocenters. The number of nitrogens with zero attached hydrogens (tertiary/aromatic N) is 3. The number of aromatic nitrogens is 2. The second kappa shape index (κ2) is 4.93. The van der Waals surface area contributed by atoms with Crippen LogP contribution >= 0.6 is 0 Å². The highest BCUT2D eigenvalue weighted by molar-refractivity contribution is 6.32. The first-order valence-corrected chi connectivity index (χ1v) is 7.21. The smallest absolute Gasteiger partial charge is 0.113 e. The van der Waals surface area contributed by atoms with Crippen LogP contribution in [0.1, 0.15) is 5.69 Å². The first kappa shape index (κ1) is 13.0. The van der Waals surface area contributed by atoms with Gasteiger partial charge in [0, 0.05) is 30.6 Å². The molecule has 0 saturated carbocycles. The summed E-state index contributed by atoms with van der Waals surface area (Å²) in [6, 6.07) is 11.8. The SMILES string of the molecule is [B]c1ccc(-c2ccc(CN3CC4(COC4)C3)nn2)cc1. The minimum absolute atomic E-state index is 0.456. The maximum atomic E-state index is 5.69. The number of rotatable bonds is 3. The molecule has 4 rings (SSSR count). The summed E-state index contributed by atoms with van der Waals surface area (Å²) in [5, 5.41) is 8.66. The Kier molecular flexibility index (Phi) is 3.05. The molecule has 2 aromatic rings. The Morgan fingerprint density at radius 2 is 1.81 bits per heavy atom. The van der Waals surface area contributed by atoms with E-state index >= 15 is 0 Å². The van der Waals surface area contributed by atoms with Gasteiger partial charge in [-0.25, -0.2) is 0 Å². The molecule has 0 amide bonds. The van der Waals surface area contributed by atoms with Crippen molar-refractivity contribution in [2.75, 3.05) is 26.3 Å². The molecule has 4 nitrogen and oxygen atoms in total. The van der Waals surface area contributed by atoms with Crippen molar-refractivity contribution in [3.63, 3.8) is 0 Å². The number of hydrogen-bond donors (Lipinski definition) is 0. The van der Waals surface area contributed by atoms with Crippen molar-refractivity contribution in [1.29, 1.82) is 0 Å². The molecule has 21 heavy (non-hydrogen) atoms. The zero-order valence-electron chi connectivity index (χ0n) is 11.8. The molecule has 0 N–H and O–H groups in total. The molecule has 0 bridgehead atoms. The van der Waals surface area contributed by atoms with Gasteiger partial charge in [-0.15, -0.1) is 0 Å². The normalized spacial score (nSPS) is 20.0. The van der Waals surface area contributed by atoms with E-state index in [-0.39, 0.29) is 0 Å². The van der Waals surface area contributed by atoms with Gasteiger partial charge >= 0.3 is 0 Å². The van der Waals surface area contributed by atoms with Crippen molar-refractivity contribution in [3.05, 3.63) is 42.1 Å². The standard InChI is InChI=1S/C16H16BN3O/c17-13-3-1-12(2-4-13)15-6-5-14(18-19-15)7-20-8-16(9-20)10-21-11-16/h1-6H,7-11H2. The summed E-state index contributed by atoms with van der Waals surface area (Å²) in [5.74, 6) is 0. The highest BCUT2D eigenvalue weighted by Crippen LogP contribution is 2.37. The van der Waals surface area contributed by atoms with Crippen LogP contribution in [0.25, 0.3) is 11.3 Å². The van der Waals surface area contributed by atoms with E-state index in [4.69, 9.17) is 12.6 Å². The fourth-order valence-corrected chi connectivity index (χ4v) is 3.07. The summed E-state index contributed by atoms with van der Waals surface area (Å²) in [5.41, 5.74) is 4.15. The Morgan fingerprint density at radius 1 is 1.05 bits per heavy atom. The Labute approximate surface area is 125 Å². The highest BCUT2D eigenvalue weighted by Gasteiger charge is 2.48. The molecule has 104 valence electrons. The molecule has 2 radical (unpaired) electrons. The maximum Gasteiger partial charge on any atom is 0.113 e. The number of hydrogen-bond acceptors (Lipinski definition) is 4. The van der Waals surface area contributed by atoms with Gasteiger partial charge in [0.2, 0.25) is 0 Å². The van der Waals surface area contributed by atoms with Gasteiger partial charge in [0.1, 0.15) is 7.85 Å². The third-order valence-electron chi connectivity index (χ3n) is 4.25. The van der Waals surface area contributed by atoms with Crippen molar-refractivity contribution in [3.8, 4) is 11.3 Å². The third-order valence-corrected chi connectivity index (χ3v) is 4.25. The monoisotopic (exact) mass is 277 g/mol. The maximum absolute atomic E-state index is 5.69. The number of likely N-dealkylation sites (tertiary alicyclic amines) is 1. The van der Waals surface area contributed by atoms with Gasteiger partial charge in [-0.3, -0.25) is 4.90 Å². The largest absolute Gasteiger partial charge is 0.380 e. The Bertz CT molecular complexity index is 630. The van der Waals surface area contributed by atoms with Crippen molar-refractivity contribution in [2.45, 2.75) is 6.54 Å². The molecule has 0 aliphatic carbocycles. The molecule has 2 fully saturated rings. The second-order valence-corrected chi connectivity index (χ2v) is 6.17. The van der Waals surface area contributed by atoms with Crippen LogP contribution in [0.2, 0.25) is 0 Å². The van der Waals surface area contributed by atoms with Gasteiger partial charge in [0.15, 0.2) is 0 Å². The molecule has 5 heteroatoms. The van der Waals surface area contributed by atoms with E-state index in [1.165, 1.54) is 0 Å². The van der Waals surface area contributed by atoms with Crippen LogP contribution in [0, 0.1) is 5.41 Å². The first-order valence-electron chi connectivity index (χ1n) is 7.21. The zero-order chi connectivity index (χ0) is 14.3. The highest BCUT2D eigenvalue weighted by atomic mass is 16.5. The topological polar surface area (TPSA) is 38.2 Å². The molecule has 2 aliphatic rings. The van der Waals surface area contributed by atoms with Crippen LogP contribution in [-0.4, -0.2) is 49.2 Å². The molecule has 0 atom stereocenters. The predicted octanol–water partition coefficient (Wildman–Crippen LogP) is 0.770. The summed E-state index contributed by atoms with van der Waals surface area (Å²) in [7, 11) is 5.69. The van der Waals surface area contributed by atoms with Crippen LogP contribution < -0.4 is 5.46 Å². The lowest BCUT2D eigenvalue weighted by Gasteiger charge is -2.55. The molecule has 1 aromatic heterocycles. The van der Waals surface area contributed by atoms with E-state index in [0.29, 0.717) is 5.41 Å². The van der Waals surface area contributed by atoms with E-state index in [1.807, 2.05) is 30.3 Å². The van der Waals surface area contributed by atoms with E-state index in [2.05, 4.69) is 21.2 Å². The molecular weight excluding hydrogens is 261 g/mol. The molecule has 2 aliphatic heterocycles. The quantitative estimate of drug-likeness (QED) is 0.777. The number of benzene rings is 1. The van der Waals surface area contributed by atoms with Crippen LogP contribution in [0.5, 0.6) is 0 Å². The summed E-state index contributed by atoms with van der Waals surface area (Å²) >= 11 is 0. The summed E-state index contributed by atoms with van der Waals surface area (Å²) in [4.78, 5) is 2.40. The average molecular weight is 277 g/mol. The van der Waals surface area contributed by atoms with Crippen LogP contribution in [-0.2, 0) is 11.3 Å². The Morgan fingerprint density at radius 3 is 2.38 bits per heavy atom. The van der Waals surface area contributed by atoms with Gasteiger partial charge in [0.25, 0.3) is 0 Å². The molecule has 1 spiro atoms. The molecular formula is C16H16BN3O. The number of ether oxygens (including phenoxy) is 1. The van der Waals surface area contributed by atoms with Gasteiger partial charge in [0.05, 0.1) is 24.6 Å². The fourth-order valence-electron chi connectivity index (χ4n) is 3.07. The Hall–Kier alpha value is -1.72. The van der Waals surface area contributed by atoms with Gasteiger partial charge in [-0.05, 0) is 12.1 Å². The van der Waals surface area contributed by atoms with Crippen LogP contribution in [0.3, 0.4) is 0 Å². The zero-order valence-corrected chi connectivity index (χ0v) is 11.8. The Balaban J connectivity index is 1.41. The van der Waals surface area contributed by atoms with Crippen LogP contribution in [0.4, 0.5) is 0 Å². The van der Waals surface area contributed by atoms with Gasteiger partial charge < -0.3 is 4.74 Å². The predicted molar refractivity (Wildman–Crippen MR) is 81.4 cm³/mol. The molecule has 1 aromatic carbocycles. The van der Waals surface area contributed by atoms with Crippen molar-refractivity contribution in [2.24, 2.45) is 5.41 Å². The van der Waals surface area contributed by atoms with E-state index in [9.17, 15) is 0 Å². The third kappa shape index (κ3) is 2.47. The van der Waals surface area contributed by atoms with Gasteiger partial charge in [-0.2, -0.15) is 10.2 Å². The van der Waals surface area contributed by atoms with E-state index in [0.717, 1.165) is 55.3 Å². The fraction of sp³-hybridized carbons (Fsp3) is 0.375. The summed E-state index contributed by atoms with van der Waals surface area (Å²) in [6.45, 7) is 4.95. The van der Waals surface area contributed by atoms with Crippen molar-refractivity contribution >= 4 is 13.3 Å². The minimum Gasteiger partial charge on any atom is -0.380 e. The lowest BCUT2D eigenvalue weighted by molar-refractivity contribution is -0.191. The lowest BCUT2D eigenvalue weighted by Crippen LogP contribution is -2.65. The molecule has 3 heterocycles. The molecule has 2 saturated heterocycles. The summed E-state index contributed by atoms with van der Waals surface area (Å²) in [6.07, 6.45) is 0. The summed E-state index contributed by atoms with van der Waals surface area (Å²) < 4.78 is 5.29. The minimum atomic E-state index is 0.456. The second-order valence-electron chi connectivity index (χ2n) is 6.17. The van der Waals surface area contributed by atoms with E-state index < -0.39 is 0 Å². The van der Waals surface area contributed by atoms with Crippen molar-refractivity contribution in [1.82, 2.24) is 15.1 Å². The average Bonchev–Trinajstić information content (AvgIpc) is 2.42.